The second-order valence-electron chi connectivity index (χ2n) is 4.98. The number of Topliss-reactive ketones (excluding diaryl/α,β-unsaturated/α-hetero) is 1. The van der Waals surface area contributed by atoms with Crippen molar-refractivity contribution in [3.8, 4) is 5.75 Å². The molecule has 2 heteroatoms. The van der Waals surface area contributed by atoms with Crippen LogP contribution in [0.1, 0.15) is 21.5 Å². The highest BCUT2D eigenvalue weighted by Gasteiger charge is 2.30. The van der Waals surface area contributed by atoms with Crippen LogP contribution in [-0.2, 0) is 12.8 Å². The molecule has 0 bridgehead atoms. The van der Waals surface area contributed by atoms with E-state index in [9.17, 15) is 4.79 Å². The number of methoxy groups -OCH3 is 1. The molecule has 2 aromatic carbocycles. The molecule has 0 radical (unpaired) electrons. The molecular formula is C17H16O2. The van der Waals surface area contributed by atoms with Gasteiger partial charge in [0.1, 0.15) is 5.75 Å². The topological polar surface area (TPSA) is 26.3 Å². The van der Waals surface area contributed by atoms with Gasteiger partial charge in [0, 0.05) is 11.5 Å². The number of carbonyl (C=O) groups is 1. The smallest absolute Gasteiger partial charge is 0.166 e. The van der Waals surface area contributed by atoms with Gasteiger partial charge in [0.05, 0.1) is 7.11 Å². The third kappa shape index (κ3) is 2.26. The summed E-state index contributed by atoms with van der Waals surface area (Å²) in [6.07, 6.45) is 1.64. The maximum atomic E-state index is 12.4. The molecule has 0 heterocycles. The van der Waals surface area contributed by atoms with Crippen molar-refractivity contribution < 1.29 is 9.53 Å². The van der Waals surface area contributed by atoms with Crippen molar-refractivity contribution in [2.24, 2.45) is 5.92 Å². The van der Waals surface area contributed by atoms with E-state index in [1.165, 1.54) is 5.56 Å². The number of fused-ring (bicyclic) bond motifs is 1. The fourth-order valence-electron chi connectivity index (χ4n) is 2.75. The molecule has 0 unspecified atom stereocenters. The highest BCUT2D eigenvalue weighted by atomic mass is 16.5. The molecule has 1 atom stereocenters. The molecule has 2 aromatic rings. The Balaban J connectivity index is 1.83. The van der Waals surface area contributed by atoms with Crippen molar-refractivity contribution in [1.29, 1.82) is 0 Å². The van der Waals surface area contributed by atoms with Crippen molar-refractivity contribution in [2.45, 2.75) is 12.8 Å². The predicted molar refractivity (Wildman–Crippen MR) is 74.7 cm³/mol. The standard InChI is InChI=1S/C17H16O2/c1-19-15-7-8-16-13(11-15)10-14(17(16)18)9-12-5-3-2-4-6-12/h2-8,11,14H,9-10H2,1H3/t14-/m0/s1. The lowest BCUT2D eigenvalue weighted by atomic mass is 9.96. The molecule has 0 saturated carbocycles. The number of carbonyl (C=O) groups excluding carboxylic acids is 1. The van der Waals surface area contributed by atoms with Crippen LogP contribution in [0, 0.1) is 5.92 Å². The summed E-state index contributed by atoms with van der Waals surface area (Å²) in [6, 6.07) is 15.9. The SMILES string of the molecule is COc1ccc2c(c1)C[C@H](Cc1ccccc1)C2=O. The minimum atomic E-state index is 0.0736. The van der Waals surface area contributed by atoms with Crippen LogP contribution in [0.15, 0.2) is 48.5 Å². The van der Waals surface area contributed by atoms with Crippen molar-refractivity contribution in [3.63, 3.8) is 0 Å². The molecule has 0 aliphatic heterocycles. The third-order valence-corrected chi connectivity index (χ3v) is 3.74. The zero-order valence-corrected chi connectivity index (χ0v) is 10.9. The van der Waals surface area contributed by atoms with Crippen molar-refractivity contribution >= 4 is 5.78 Å². The van der Waals surface area contributed by atoms with Crippen molar-refractivity contribution in [2.75, 3.05) is 7.11 Å². The van der Waals surface area contributed by atoms with E-state index in [1.54, 1.807) is 7.11 Å². The van der Waals surface area contributed by atoms with Gasteiger partial charge >= 0.3 is 0 Å². The van der Waals surface area contributed by atoms with Crippen LogP contribution >= 0.6 is 0 Å². The minimum Gasteiger partial charge on any atom is -0.497 e. The van der Waals surface area contributed by atoms with Gasteiger partial charge < -0.3 is 4.74 Å². The largest absolute Gasteiger partial charge is 0.497 e. The van der Waals surface area contributed by atoms with Crippen LogP contribution in [0.25, 0.3) is 0 Å². The lowest BCUT2D eigenvalue weighted by Crippen LogP contribution is -2.12. The highest BCUT2D eigenvalue weighted by molar-refractivity contribution is 6.02. The molecular weight excluding hydrogens is 236 g/mol. The molecule has 2 nitrogen and oxygen atoms in total. The zero-order chi connectivity index (χ0) is 13.2. The molecule has 0 N–H and O–H groups in total. The minimum absolute atomic E-state index is 0.0736. The van der Waals surface area contributed by atoms with Gasteiger partial charge in [-0.15, -0.1) is 0 Å². The first kappa shape index (κ1) is 12.0. The van der Waals surface area contributed by atoms with Gasteiger partial charge in [0.2, 0.25) is 0 Å². The summed E-state index contributed by atoms with van der Waals surface area (Å²) in [5, 5.41) is 0. The number of ketones is 1. The van der Waals surface area contributed by atoms with Crippen LogP contribution in [0.3, 0.4) is 0 Å². The van der Waals surface area contributed by atoms with Crippen LogP contribution in [-0.4, -0.2) is 12.9 Å². The van der Waals surface area contributed by atoms with Gasteiger partial charge in [-0.25, -0.2) is 0 Å². The summed E-state index contributed by atoms with van der Waals surface area (Å²) in [5.41, 5.74) is 3.20. The average molecular weight is 252 g/mol. The number of ether oxygens (including phenoxy) is 1. The zero-order valence-electron chi connectivity index (χ0n) is 10.9. The normalized spacial score (nSPS) is 17.3. The quantitative estimate of drug-likeness (QED) is 0.837. The number of rotatable bonds is 3. The van der Waals surface area contributed by atoms with Crippen LogP contribution in [0.4, 0.5) is 0 Å². The Kier molecular flexibility index (Phi) is 3.08. The molecule has 0 saturated heterocycles. The maximum absolute atomic E-state index is 12.4. The fraction of sp³-hybridized carbons (Fsp3) is 0.235. The van der Waals surface area contributed by atoms with Crippen LogP contribution in [0.2, 0.25) is 0 Å². The predicted octanol–water partition coefficient (Wildman–Crippen LogP) is 3.29. The number of hydrogen-bond acceptors (Lipinski definition) is 2. The van der Waals surface area contributed by atoms with E-state index in [0.29, 0.717) is 0 Å². The van der Waals surface area contributed by atoms with Crippen LogP contribution < -0.4 is 4.74 Å². The van der Waals surface area contributed by atoms with Gasteiger partial charge in [-0.3, -0.25) is 4.79 Å². The molecule has 0 fully saturated rings. The van der Waals surface area contributed by atoms with Crippen LogP contribution in [0.5, 0.6) is 5.75 Å². The van der Waals surface area contributed by atoms with E-state index in [0.717, 1.165) is 29.7 Å². The summed E-state index contributed by atoms with van der Waals surface area (Å²) in [4.78, 5) is 12.4. The summed E-state index contributed by atoms with van der Waals surface area (Å²) >= 11 is 0. The molecule has 3 rings (SSSR count). The lowest BCUT2D eigenvalue weighted by molar-refractivity contribution is 0.0936. The first-order valence-electron chi connectivity index (χ1n) is 6.53. The Labute approximate surface area is 113 Å². The summed E-state index contributed by atoms with van der Waals surface area (Å²) in [7, 11) is 1.65. The second kappa shape index (κ2) is 4.88. The summed E-state index contributed by atoms with van der Waals surface area (Å²) < 4.78 is 5.22. The molecule has 1 aliphatic rings. The first-order valence-corrected chi connectivity index (χ1v) is 6.53. The summed E-state index contributed by atoms with van der Waals surface area (Å²) in [5.74, 6) is 1.16. The van der Waals surface area contributed by atoms with Gasteiger partial charge in [-0.2, -0.15) is 0 Å². The molecule has 19 heavy (non-hydrogen) atoms. The van der Waals surface area contributed by atoms with Gasteiger partial charge in [-0.1, -0.05) is 30.3 Å². The van der Waals surface area contributed by atoms with E-state index in [2.05, 4.69) is 12.1 Å². The lowest BCUT2D eigenvalue weighted by Gasteiger charge is -2.07. The van der Waals surface area contributed by atoms with E-state index in [-0.39, 0.29) is 11.7 Å². The van der Waals surface area contributed by atoms with E-state index in [4.69, 9.17) is 4.74 Å². The molecule has 0 spiro atoms. The van der Waals surface area contributed by atoms with Crippen molar-refractivity contribution in [3.05, 3.63) is 65.2 Å². The molecule has 1 aliphatic carbocycles. The molecule has 96 valence electrons. The number of benzene rings is 2. The van der Waals surface area contributed by atoms with E-state index in [1.807, 2.05) is 36.4 Å². The second-order valence-corrected chi connectivity index (χ2v) is 4.98. The average Bonchev–Trinajstić information content (AvgIpc) is 2.76. The molecule has 0 amide bonds. The Hall–Kier alpha value is -2.09. The fourth-order valence-corrected chi connectivity index (χ4v) is 2.75. The van der Waals surface area contributed by atoms with E-state index < -0.39 is 0 Å². The Morgan fingerprint density at radius 2 is 1.95 bits per heavy atom. The Bertz CT molecular complexity index is 602. The Morgan fingerprint density at radius 1 is 1.16 bits per heavy atom. The Morgan fingerprint density at radius 3 is 2.68 bits per heavy atom. The van der Waals surface area contributed by atoms with Gasteiger partial charge in [-0.05, 0) is 42.2 Å². The highest BCUT2D eigenvalue weighted by Crippen LogP contribution is 2.31. The van der Waals surface area contributed by atoms with Gasteiger partial charge in [0.15, 0.2) is 5.78 Å². The summed E-state index contributed by atoms with van der Waals surface area (Å²) in [6.45, 7) is 0. The maximum Gasteiger partial charge on any atom is 0.166 e. The monoisotopic (exact) mass is 252 g/mol. The van der Waals surface area contributed by atoms with E-state index >= 15 is 0 Å². The first-order chi connectivity index (χ1) is 9.28. The number of hydrogen-bond donors (Lipinski definition) is 0. The van der Waals surface area contributed by atoms with Gasteiger partial charge in [0.25, 0.3) is 0 Å². The third-order valence-electron chi connectivity index (χ3n) is 3.74. The molecule has 0 aromatic heterocycles. The van der Waals surface area contributed by atoms with Crippen molar-refractivity contribution in [1.82, 2.24) is 0 Å².